The molecule has 0 fully saturated rings. The number of nitriles is 1. The van der Waals surface area contributed by atoms with E-state index in [9.17, 15) is 9.90 Å². The Kier molecular flexibility index (Phi) is 5.98. The standard InChI is InChI=1S/C17H16ClN3O2/c18-16-10-14(7-6-13(16)11-19)20-17(23)12-21(8-9-22)15-4-2-1-3-5-15/h1-7,10,22H,8-9,12H2,(H,20,23). The molecule has 6 heteroatoms. The van der Waals surface area contributed by atoms with Gasteiger partial charge in [-0.15, -0.1) is 0 Å². The van der Waals surface area contributed by atoms with Crippen LogP contribution in [-0.2, 0) is 4.79 Å². The van der Waals surface area contributed by atoms with Crippen LogP contribution in [0, 0.1) is 11.3 Å². The fourth-order valence-corrected chi connectivity index (χ4v) is 2.34. The van der Waals surface area contributed by atoms with Crippen molar-refractivity contribution >= 4 is 28.9 Å². The number of carbonyl (C=O) groups is 1. The third-order valence-electron chi connectivity index (χ3n) is 3.20. The Morgan fingerprint density at radius 2 is 2.00 bits per heavy atom. The monoisotopic (exact) mass is 329 g/mol. The first-order valence-corrected chi connectivity index (χ1v) is 7.42. The summed E-state index contributed by atoms with van der Waals surface area (Å²) in [5.74, 6) is -0.233. The first-order chi connectivity index (χ1) is 11.1. The molecule has 0 saturated carbocycles. The van der Waals surface area contributed by atoms with Crippen LogP contribution in [-0.4, -0.2) is 30.7 Å². The molecule has 2 N–H and O–H groups in total. The lowest BCUT2D eigenvalue weighted by molar-refractivity contribution is -0.115. The quantitative estimate of drug-likeness (QED) is 0.854. The van der Waals surface area contributed by atoms with E-state index >= 15 is 0 Å². The van der Waals surface area contributed by atoms with Crippen LogP contribution in [0.4, 0.5) is 11.4 Å². The van der Waals surface area contributed by atoms with Gasteiger partial charge in [0.25, 0.3) is 0 Å². The molecule has 1 amide bonds. The summed E-state index contributed by atoms with van der Waals surface area (Å²) in [6, 6.07) is 16.1. The lowest BCUT2D eigenvalue weighted by Crippen LogP contribution is -2.35. The van der Waals surface area contributed by atoms with Crippen LogP contribution in [0.15, 0.2) is 48.5 Å². The molecule has 0 unspecified atom stereocenters. The van der Waals surface area contributed by atoms with Gasteiger partial charge in [-0.3, -0.25) is 4.79 Å². The number of rotatable bonds is 6. The molecule has 118 valence electrons. The summed E-state index contributed by atoms with van der Waals surface area (Å²) in [5.41, 5.74) is 1.74. The van der Waals surface area contributed by atoms with E-state index in [4.69, 9.17) is 16.9 Å². The van der Waals surface area contributed by atoms with Crippen molar-refractivity contribution in [1.82, 2.24) is 0 Å². The Bertz CT molecular complexity index is 714. The fourth-order valence-electron chi connectivity index (χ4n) is 2.12. The molecule has 0 aliphatic rings. The van der Waals surface area contributed by atoms with E-state index in [2.05, 4.69) is 5.32 Å². The van der Waals surface area contributed by atoms with E-state index in [1.165, 1.54) is 6.07 Å². The lowest BCUT2D eigenvalue weighted by atomic mass is 10.2. The van der Waals surface area contributed by atoms with Crippen molar-refractivity contribution in [3.8, 4) is 6.07 Å². The number of benzene rings is 2. The van der Waals surface area contributed by atoms with Crippen LogP contribution in [0.3, 0.4) is 0 Å². The molecule has 2 aromatic rings. The Labute approximate surface area is 139 Å². The Hall–Kier alpha value is -2.55. The zero-order chi connectivity index (χ0) is 16.7. The highest BCUT2D eigenvalue weighted by Crippen LogP contribution is 2.20. The van der Waals surface area contributed by atoms with E-state index in [0.29, 0.717) is 22.8 Å². The largest absolute Gasteiger partial charge is 0.395 e. The number of para-hydroxylation sites is 1. The average molecular weight is 330 g/mol. The van der Waals surface area contributed by atoms with Gasteiger partial charge in [-0.05, 0) is 30.3 Å². The van der Waals surface area contributed by atoms with Crippen LogP contribution in [0.5, 0.6) is 0 Å². The maximum atomic E-state index is 12.2. The Morgan fingerprint density at radius 1 is 1.26 bits per heavy atom. The molecule has 23 heavy (non-hydrogen) atoms. The van der Waals surface area contributed by atoms with Gasteiger partial charge in [-0.25, -0.2) is 0 Å². The van der Waals surface area contributed by atoms with Gasteiger partial charge >= 0.3 is 0 Å². The third-order valence-corrected chi connectivity index (χ3v) is 3.51. The first kappa shape index (κ1) is 16.8. The van der Waals surface area contributed by atoms with Crippen LogP contribution < -0.4 is 10.2 Å². The highest BCUT2D eigenvalue weighted by atomic mass is 35.5. The number of nitrogens with zero attached hydrogens (tertiary/aromatic N) is 2. The van der Waals surface area contributed by atoms with Crippen molar-refractivity contribution in [3.63, 3.8) is 0 Å². The molecule has 0 radical (unpaired) electrons. The summed E-state index contributed by atoms with van der Waals surface area (Å²) in [5, 5.41) is 21.0. The predicted molar refractivity (Wildman–Crippen MR) is 90.5 cm³/mol. The molecule has 0 saturated heterocycles. The van der Waals surface area contributed by atoms with Crippen molar-refractivity contribution in [1.29, 1.82) is 5.26 Å². The summed E-state index contributed by atoms with van der Waals surface area (Å²) in [6.45, 7) is 0.401. The fraction of sp³-hybridized carbons (Fsp3) is 0.176. The number of anilines is 2. The number of nitrogens with one attached hydrogen (secondary N) is 1. The number of halogens is 1. The summed E-state index contributed by atoms with van der Waals surface area (Å²) in [6.07, 6.45) is 0. The van der Waals surface area contributed by atoms with Crippen molar-refractivity contribution < 1.29 is 9.90 Å². The van der Waals surface area contributed by atoms with Crippen molar-refractivity contribution in [3.05, 3.63) is 59.1 Å². The smallest absolute Gasteiger partial charge is 0.243 e. The molecule has 0 aliphatic heterocycles. The minimum Gasteiger partial charge on any atom is -0.395 e. The minimum absolute atomic E-state index is 0.0507. The second-order valence-electron chi connectivity index (χ2n) is 4.84. The molecule has 0 spiro atoms. The molecule has 0 aliphatic carbocycles. The molecule has 0 atom stereocenters. The first-order valence-electron chi connectivity index (χ1n) is 7.04. The molecule has 5 nitrogen and oxygen atoms in total. The molecule has 0 aromatic heterocycles. The van der Waals surface area contributed by atoms with E-state index < -0.39 is 0 Å². The lowest BCUT2D eigenvalue weighted by Gasteiger charge is -2.23. The zero-order valence-electron chi connectivity index (χ0n) is 12.4. The van der Waals surface area contributed by atoms with Crippen LogP contribution in [0.25, 0.3) is 0 Å². The van der Waals surface area contributed by atoms with Gasteiger partial charge in [0.05, 0.1) is 23.7 Å². The second kappa shape index (κ2) is 8.18. The average Bonchev–Trinajstić information content (AvgIpc) is 2.55. The maximum absolute atomic E-state index is 12.2. The van der Waals surface area contributed by atoms with Crippen LogP contribution >= 0.6 is 11.6 Å². The predicted octanol–water partition coefficient (Wildman–Crippen LogP) is 2.65. The van der Waals surface area contributed by atoms with E-state index in [1.807, 2.05) is 36.4 Å². The van der Waals surface area contributed by atoms with Gasteiger partial charge in [0.15, 0.2) is 0 Å². The highest BCUT2D eigenvalue weighted by molar-refractivity contribution is 6.32. The van der Waals surface area contributed by atoms with Gasteiger partial charge < -0.3 is 15.3 Å². The molecular weight excluding hydrogens is 314 g/mol. The normalized spacial score (nSPS) is 9.96. The SMILES string of the molecule is N#Cc1ccc(NC(=O)CN(CCO)c2ccccc2)cc1Cl. The number of hydrogen-bond acceptors (Lipinski definition) is 4. The second-order valence-corrected chi connectivity index (χ2v) is 5.24. The highest BCUT2D eigenvalue weighted by Gasteiger charge is 2.12. The summed E-state index contributed by atoms with van der Waals surface area (Å²) in [4.78, 5) is 14.0. The Balaban J connectivity index is 2.05. The Morgan fingerprint density at radius 3 is 2.61 bits per heavy atom. The van der Waals surface area contributed by atoms with Gasteiger partial charge in [-0.2, -0.15) is 5.26 Å². The maximum Gasteiger partial charge on any atom is 0.243 e. The molecule has 2 aromatic carbocycles. The minimum atomic E-state index is -0.233. The summed E-state index contributed by atoms with van der Waals surface area (Å²) in [7, 11) is 0. The third kappa shape index (κ3) is 4.71. The number of aliphatic hydroxyl groups is 1. The van der Waals surface area contributed by atoms with E-state index in [-0.39, 0.29) is 19.1 Å². The summed E-state index contributed by atoms with van der Waals surface area (Å²) < 4.78 is 0. The zero-order valence-corrected chi connectivity index (χ0v) is 13.1. The van der Waals surface area contributed by atoms with Crippen LogP contribution in [0.1, 0.15) is 5.56 Å². The molecule has 0 heterocycles. The van der Waals surface area contributed by atoms with Gasteiger partial charge in [0, 0.05) is 17.9 Å². The van der Waals surface area contributed by atoms with Crippen molar-refractivity contribution in [2.45, 2.75) is 0 Å². The topological polar surface area (TPSA) is 76.4 Å². The molecule has 2 rings (SSSR count). The molecular formula is C17H16ClN3O2. The van der Waals surface area contributed by atoms with Crippen molar-refractivity contribution in [2.24, 2.45) is 0 Å². The number of carbonyl (C=O) groups excluding carboxylic acids is 1. The number of aliphatic hydroxyl groups excluding tert-OH is 1. The summed E-state index contributed by atoms with van der Waals surface area (Å²) >= 11 is 5.95. The number of amides is 1. The molecule has 0 bridgehead atoms. The number of hydrogen-bond donors (Lipinski definition) is 2. The van der Waals surface area contributed by atoms with Crippen LogP contribution in [0.2, 0.25) is 5.02 Å². The van der Waals surface area contributed by atoms with Gasteiger partial charge in [0.1, 0.15) is 6.07 Å². The van der Waals surface area contributed by atoms with Gasteiger partial charge in [0.2, 0.25) is 5.91 Å². The van der Waals surface area contributed by atoms with Crippen molar-refractivity contribution in [2.75, 3.05) is 29.9 Å². The van der Waals surface area contributed by atoms with Gasteiger partial charge in [-0.1, -0.05) is 29.8 Å². The van der Waals surface area contributed by atoms with E-state index in [0.717, 1.165) is 5.69 Å². The van der Waals surface area contributed by atoms with E-state index in [1.54, 1.807) is 17.0 Å².